The Hall–Kier alpha value is -1.08. The van der Waals surface area contributed by atoms with Crippen LogP contribution in [0.5, 0.6) is 0 Å². The molecule has 2 N–H and O–H groups in total. The average Bonchev–Trinajstić information content (AvgIpc) is 2.63. The number of nitrogen functional groups attached to an aromatic ring is 1. The van der Waals surface area contributed by atoms with Crippen LogP contribution in [0.3, 0.4) is 0 Å². The van der Waals surface area contributed by atoms with E-state index in [4.69, 9.17) is 5.73 Å². The summed E-state index contributed by atoms with van der Waals surface area (Å²) in [5.74, 6) is -0.370. The van der Waals surface area contributed by atoms with E-state index in [1.165, 1.54) is 12.1 Å². The van der Waals surface area contributed by atoms with E-state index >= 15 is 0 Å². The summed E-state index contributed by atoms with van der Waals surface area (Å²) in [7, 11) is -6.90. The molecule has 100 valence electrons. The smallest absolute Gasteiger partial charge is 0.184 e. The quantitative estimate of drug-likeness (QED) is 0.802. The molecule has 2 rings (SSSR count). The van der Waals surface area contributed by atoms with Crippen LogP contribution >= 0.6 is 0 Å². The van der Waals surface area contributed by atoms with Gasteiger partial charge in [0.05, 0.1) is 27.3 Å². The summed E-state index contributed by atoms with van der Waals surface area (Å²) in [5.41, 5.74) is 6.63. The SMILES string of the molecule is Cc1ccc(N)c(S(=O)(=O)C2CCS(=O)(=O)C2)c1. The van der Waals surface area contributed by atoms with Crippen molar-refractivity contribution in [2.24, 2.45) is 0 Å². The topological polar surface area (TPSA) is 94.3 Å². The predicted molar refractivity (Wildman–Crippen MR) is 69.8 cm³/mol. The minimum absolute atomic E-state index is 0.0459. The van der Waals surface area contributed by atoms with Crippen LogP contribution < -0.4 is 5.73 Å². The second-order valence-electron chi connectivity index (χ2n) is 4.61. The third-order valence-corrected chi connectivity index (χ3v) is 7.33. The van der Waals surface area contributed by atoms with E-state index in [-0.39, 0.29) is 28.5 Å². The molecule has 1 aromatic carbocycles. The van der Waals surface area contributed by atoms with Crippen LogP contribution in [0, 0.1) is 6.92 Å². The van der Waals surface area contributed by atoms with Gasteiger partial charge in [0.2, 0.25) is 0 Å². The Balaban J connectivity index is 2.47. The van der Waals surface area contributed by atoms with Gasteiger partial charge >= 0.3 is 0 Å². The third-order valence-electron chi connectivity index (χ3n) is 3.11. The summed E-state index contributed by atoms with van der Waals surface area (Å²) in [6.07, 6.45) is 0.151. The highest BCUT2D eigenvalue weighted by molar-refractivity contribution is 7.96. The first-order chi connectivity index (χ1) is 8.22. The summed E-state index contributed by atoms with van der Waals surface area (Å²) < 4.78 is 47.5. The van der Waals surface area contributed by atoms with Gasteiger partial charge < -0.3 is 5.73 Å². The minimum atomic E-state index is -3.67. The highest BCUT2D eigenvalue weighted by atomic mass is 32.2. The Labute approximate surface area is 107 Å². The maximum Gasteiger partial charge on any atom is 0.184 e. The molecule has 0 amide bonds. The van der Waals surface area contributed by atoms with Crippen LogP contribution in [0.2, 0.25) is 0 Å². The normalized spacial score (nSPS) is 23.1. The Kier molecular flexibility index (Phi) is 3.14. The van der Waals surface area contributed by atoms with Gasteiger partial charge in [-0.05, 0) is 31.0 Å². The van der Waals surface area contributed by atoms with E-state index in [9.17, 15) is 16.8 Å². The molecule has 0 bridgehead atoms. The van der Waals surface area contributed by atoms with E-state index in [1.807, 2.05) is 0 Å². The standard InChI is InChI=1S/C11H15NO4S2/c1-8-2-3-10(12)11(6-8)18(15,16)9-4-5-17(13,14)7-9/h2-3,6,9H,4-5,7,12H2,1H3. The van der Waals surface area contributed by atoms with Gasteiger partial charge in [-0.1, -0.05) is 6.07 Å². The zero-order valence-electron chi connectivity index (χ0n) is 9.96. The first-order valence-corrected chi connectivity index (χ1v) is 8.89. The lowest BCUT2D eigenvalue weighted by Crippen LogP contribution is -2.23. The molecule has 0 spiro atoms. The zero-order chi connectivity index (χ0) is 13.6. The molecule has 0 aromatic heterocycles. The number of rotatable bonds is 2. The van der Waals surface area contributed by atoms with Crippen molar-refractivity contribution in [1.82, 2.24) is 0 Å². The summed E-state index contributed by atoms with van der Waals surface area (Å²) in [4.78, 5) is 0.0459. The van der Waals surface area contributed by atoms with Gasteiger partial charge in [0.25, 0.3) is 0 Å². The molecule has 1 aliphatic rings. The summed E-state index contributed by atoms with van der Waals surface area (Å²) >= 11 is 0. The van der Waals surface area contributed by atoms with Crippen molar-refractivity contribution >= 4 is 25.4 Å². The van der Waals surface area contributed by atoms with Crippen LogP contribution in [0.1, 0.15) is 12.0 Å². The van der Waals surface area contributed by atoms with Crippen molar-refractivity contribution in [3.05, 3.63) is 23.8 Å². The first-order valence-electron chi connectivity index (χ1n) is 5.53. The highest BCUT2D eigenvalue weighted by Gasteiger charge is 2.38. The van der Waals surface area contributed by atoms with Gasteiger partial charge in [0.15, 0.2) is 19.7 Å². The van der Waals surface area contributed by atoms with Gasteiger partial charge in [-0.3, -0.25) is 0 Å². The van der Waals surface area contributed by atoms with Crippen molar-refractivity contribution in [1.29, 1.82) is 0 Å². The Morgan fingerprint density at radius 3 is 2.56 bits per heavy atom. The van der Waals surface area contributed by atoms with Crippen molar-refractivity contribution < 1.29 is 16.8 Å². The summed E-state index contributed by atoms with van der Waals surface area (Å²) in [6, 6.07) is 4.75. The van der Waals surface area contributed by atoms with E-state index in [2.05, 4.69) is 0 Å². The Bertz CT molecular complexity index is 677. The fourth-order valence-electron chi connectivity index (χ4n) is 2.07. The molecule has 0 saturated carbocycles. The monoisotopic (exact) mass is 289 g/mol. The van der Waals surface area contributed by atoms with E-state index in [0.29, 0.717) is 0 Å². The van der Waals surface area contributed by atoms with Gasteiger partial charge in [0, 0.05) is 0 Å². The first kappa shape index (κ1) is 13.4. The average molecular weight is 289 g/mol. The fourth-order valence-corrected chi connectivity index (χ4v) is 6.64. The summed E-state index contributed by atoms with van der Waals surface area (Å²) in [6.45, 7) is 1.77. The molecule has 1 unspecified atom stereocenters. The van der Waals surface area contributed by atoms with E-state index in [0.717, 1.165) is 5.56 Å². The molecule has 1 atom stereocenters. The van der Waals surface area contributed by atoms with Crippen LogP contribution in [0.25, 0.3) is 0 Å². The number of hydrogen-bond donors (Lipinski definition) is 1. The van der Waals surface area contributed by atoms with Crippen LogP contribution in [-0.2, 0) is 19.7 Å². The predicted octanol–water partition coefficient (Wildman–Crippen LogP) is 0.538. The molecule has 1 saturated heterocycles. The maximum atomic E-state index is 12.4. The van der Waals surface area contributed by atoms with Crippen molar-refractivity contribution in [2.75, 3.05) is 17.2 Å². The molecule has 0 radical (unpaired) electrons. The lowest BCUT2D eigenvalue weighted by molar-refractivity contribution is 0.582. The number of anilines is 1. The van der Waals surface area contributed by atoms with Gasteiger partial charge in [-0.15, -0.1) is 0 Å². The van der Waals surface area contributed by atoms with Crippen molar-refractivity contribution in [2.45, 2.75) is 23.5 Å². The Morgan fingerprint density at radius 1 is 1.33 bits per heavy atom. The second-order valence-corrected chi connectivity index (χ2v) is 9.04. The molecule has 5 nitrogen and oxygen atoms in total. The van der Waals surface area contributed by atoms with Crippen LogP contribution in [-0.4, -0.2) is 33.6 Å². The number of nitrogens with two attached hydrogens (primary N) is 1. The third kappa shape index (κ3) is 2.37. The fraction of sp³-hybridized carbons (Fsp3) is 0.455. The molecule has 1 aliphatic heterocycles. The van der Waals surface area contributed by atoms with Crippen LogP contribution in [0.15, 0.2) is 23.1 Å². The number of hydrogen-bond acceptors (Lipinski definition) is 5. The largest absolute Gasteiger partial charge is 0.398 e. The highest BCUT2D eigenvalue weighted by Crippen LogP contribution is 2.29. The molecular weight excluding hydrogens is 274 g/mol. The minimum Gasteiger partial charge on any atom is -0.398 e. The van der Waals surface area contributed by atoms with Crippen molar-refractivity contribution in [3.8, 4) is 0 Å². The molecule has 1 heterocycles. The number of sulfone groups is 2. The van der Waals surface area contributed by atoms with Crippen LogP contribution in [0.4, 0.5) is 5.69 Å². The van der Waals surface area contributed by atoms with E-state index in [1.54, 1.807) is 13.0 Å². The second kappa shape index (κ2) is 4.24. The molecule has 1 aromatic rings. The Morgan fingerprint density at radius 2 is 2.00 bits per heavy atom. The molecule has 7 heteroatoms. The molecule has 18 heavy (non-hydrogen) atoms. The van der Waals surface area contributed by atoms with Gasteiger partial charge in [-0.2, -0.15) is 0 Å². The maximum absolute atomic E-state index is 12.4. The number of aryl methyl sites for hydroxylation is 1. The lowest BCUT2D eigenvalue weighted by atomic mass is 10.2. The number of benzene rings is 1. The molecular formula is C11H15NO4S2. The van der Waals surface area contributed by atoms with Gasteiger partial charge in [-0.25, -0.2) is 16.8 Å². The molecule has 1 fully saturated rings. The van der Waals surface area contributed by atoms with Gasteiger partial charge in [0.1, 0.15) is 0 Å². The van der Waals surface area contributed by atoms with E-state index < -0.39 is 24.9 Å². The van der Waals surface area contributed by atoms with Crippen molar-refractivity contribution in [3.63, 3.8) is 0 Å². The molecule has 0 aliphatic carbocycles. The lowest BCUT2D eigenvalue weighted by Gasteiger charge is -2.12. The summed E-state index contributed by atoms with van der Waals surface area (Å²) in [5, 5.41) is -0.869. The zero-order valence-corrected chi connectivity index (χ0v) is 11.6.